The van der Waals surface area contributed by atoms with Gasteiger partial charge >= 0.3 is 0 Å². The lowest BCUT2D eigenvalue weighted by atomic mass is 9.98. The minimum Gasteiger partial charge on any atom is -0.381 e. The lowest BCUT2D eigenvalue weighted by molar-refractivity contribution is 0.128. The Morgan fingerprint density at radius 2 is 2.06 bits per heavy atom. The number of hydrogen-bond acceptors (Lipinski definition) is 1. The summed E-state index contributed by atoms with van der Waals surface area (Å²) in [6.45, 7) is 3.74. The molecule has 1 aromatic carbocycles. The second kappa shape index (κ2) is 8.10. The molecule has 0 aliphatic heterocycles. The van der Waals surface area contributed by atoms with Crippen molar-refractivity contribution >= 4 is 27.5 Å². The zero-order valence-electron chi connectivity index (χ0n) is 9.59. The quantitative estimate of drug-likeness (QED) is 0.529. The predicted molar refractivity (Wildman–Crippen MR) is 73.3 cm³/mol. The van der Waals surface area contributed by atoms with Gasteiger partial charge < -0.3 is 4.74 Å². The molecule has 0 aliphatic carbocycles. The van der Waals surface area contributed by atoms with Crippen LogP contribution < -0.4 is 0 Å². The number of halogens is 2. The van der Waals surface area contributed by atoms with Gasteiger partial charge in [0.2, 0.25) is 0 Å². The van der Waals surface area contributed by atoms with Crippen molar-refractivity contribution in [2.75, 3.05) is 19.1 Å². The molecular formula is C13H18BrClO. The van der Waals surface area contributed by atoms with Crippen LogP contribution in [0.2, 0.25) is 0 Å². The molecule has 1 nitrogen and oxygen atoms in total. The SMILES string of the molecule is CCCOCCC(CCl)c1ccccc1Br. The molecule has 0 amide bonds. The fourth-order valence-corrected chi connectivity index (χ4v) is 2.52. The second-order valence-corrected chi connectivity index (χ2v) is 4.94. The van der Waals surface area contributed by atoms with E-state index in [1.54, 1.807) is 0 Å². The van der Waals surface area contributed by atoms with Crippen LogP contribution in [0.15, 0.2) is 28.7 Å². The molecule has 16 heavy (non-hydrogen) atoms. The van der Waals surface area contributed by atoms with Gasteiger partial charge in [-0.2, -0.15) is 0 Å². The molecule has 0 fully saturated rings. The van der Waals surface area contributed by atoms with Gasteiger partial charge in [0.05, 0.1) is 0 Å². The highest BCUT2D eigenvalue weighted by Crippen LogP contribution is 2.28. The van der Waals surface area contributed by atoms with Crippen molar-refractivity contribution < 1.29 is 4.74 Å². The molecule has 1 rings (SSSR count). The third kappa shape index (κ3) is 4.44. The third-order valence-electron chi connectivity index (χ3n) is 2.49. The van der Waals surface area contributed by atoms with Crippen LogP contribution in [0.25, 0.3) is 0 Å². The van der Waals surface area contributed by atoms with Crippen LogP contribution in [-0.2, 0) is 4.74 Å². The molecule has 0 heterocycles. The predicted octanol–water partition coefficient (Wildman–Crippen LogP) is 4.59. The van der Waals surface area contributed by atoms with Crippen LogP contribution in [0.4, 0.5) is 0 Å². The maximum absolute atomic E-state index is 6.01. The Morgan fingerprint density at radius 3 is 2.69 bits per heavy atom. The molecular weight excluding hydrogens is 287 g/mol. The van der Waals surface area contributed by atoms with Crippen molar-refractivity contribution in [2.24, 2.45) is 0 Å². The first kappa shape index (κ1) is 14.0. The highest BCUT2D eigenvalue weighted by Gasteiger charge is 2.12. The van der Waals surface area contributed by atoms with Crippen molar-refractivity contribution in [2.45, 2.75) is 25.7 Å². The lowest BCUT2D eigenvalue weighted by Gasteiger charge is -2.15. The summed E-state index contributed by atoms with van der Waals surface area (Å²) in [6, 6.07) is 8.25. The molecule has 0 saturated heterocycles. The summed E-state index contributed by atoms with van der Waals surface area (Å²) in [4.78, 5) is 0. The van der Waals surface area contributed by atoms with Gasteiger partial charge in [0.25, 0.3) is 0 Å². The van der Waals surface area contributed by atoms with E-state index in [2.05, 4.69) is 35.0 Å². The molecule has 0 aliphatic rings. The zero-order chi connectivity index (χ0) is 11.8. The van der Waals surface area contributed by atoms with Crippen LogP contribution >= 0.6 is 27.5 Å². The van der Waals surface area contributed by atoms with Crippen molar-refractivity contribution in [1.29, 1.82) is 0 Å². The van der Waals surface area contributed by atoms with Crippen molar-refractivity contribution in [3.05, 3.63) is 34.3 Å². The highest BCUT2D eigenvalue weighted by atomic mass is 79.9. The molecule has 0 saturated carbocycles. The third-order valence-corrected chi connectivity index (χ3v) is 3.59. The van der Waals surface area contributed by atoms with E-state index in [1.165, 1.54) is 5.56 Å². The second-order valence-electron chi connectivity index (χ2n) is 3.77. The zero-order valence-corrected chi connectivity index (χ0v) is 11.9. The maximum atomic E-state index is 6.01. The first-order valence-electron chi connectivity index (χ1n) is 5.67. The van der Waals surface area contributed by atoms with Gasteiger partial charge in [-0.3, -0.25) is 0 Å². The van der Waals surface area contributed by atoms with Crippen molar-refractivity contribution in [1.82, 2.24) is 0 Å². The van der Waals surface area contributed by atoms with Crippen LogP contribution in [0.3, 0.4) is 0 Å². The number of hydrogen-bond donors (Lipinski definition) is 0. The monoisotopic (exact) mass is 304 g/mol. The number of rotatable bonds is 7. The van der Waals surface area contributed by atoms with Crippen molar-refractivity contribution in [3.63, 3.8) is 0 Å². The Bertz CT molecular complexity index is 304. The molecule has 1 unspecified atom stereocenters. The van der Waals surface area contributed by atoms with Crippen LogP contribution in [0, 0.1) is 0 Å². The van der Waals surface area contributed by atoms with E-state index in [4.69, 9.17) is 16.3 Å². The van der Waals surface area contributed by atoms with Gasteiger partial charge in [0.15, 0.2) is 0 Å². The van der Waals surface area contributed by atoms with E-state index < -0.39 is 0 Å². The van der Waals surface area contributed by atoms with Gasteiger partial charge in [-0.15, -0.1) is 11.6 Å². The fraction of sp³-hybridized carbons (Fsp3) is 0.538. The molecule has 0 radical (unpaired) electrons. The van der Waals surface area contributed by atoms with Crippen LogP contribution in [0.1, 0.15) is 31.2 Å². The summed E-state index contributed by atoms with van der Waals surface area (Å²) in [6.07, 6.45) is 2.05. The summed E-state index contributed by atoms with van der Waals surface area (Å²) >= 11 is 9.57. The summed E-state index contributed by atoms with van der Waals surface area (Å²) in [5, 5.41) is 0. The molecule has 0 bridgehead atoms. The molecule has 0 aromatic heterocycles. The first-order chi connectivity index (χ1) is 7.79. The summed E-state index contributed by atoms with van der Waals surface area (Å²) in [5.74, 6) is 1.01. The molecule has 90 valence electrons. The Kier molecular flexibility index (Phi) is 7.10. The van der Waals surface area contributed by atoms with E-state index in [1.807, 2.05) is 12.1 Å². The largest absolute Gasteiger partial charge is 0.381 e. The summed E-state index contributed by atoms with van der Waals surface area (Å²) < 4.78 is 6.64. The first-order valence-corrected chi connectivity index (χ1v) is 7.00. The normalized spacial score (nSPS) is 12.7. The highest BCUT2D eigenvalue weighted by molar-refractivity contribution is 9.10. The van der Waals surface area contributed by atoms with Crippen LogP contribution in [0.5, 0.6) is 0 Å². The standard InChI is InChI=1S/C13H18BrClO/c1-2-8-16-9-7-11(10-15)12-5-3-4-6-13(12)14/h3-6,11H,2,7-10H2,1H3. The van der Waals surface area contributed by atoms with E-state index in [9.17, 15) is 0 Å². The maximum Gasteiger partial charge on any atom is 0.0472 e. The van der Waals surface area contributed by atoms with E-state index in [0.29, 0.717) is 11.8 Å². The Labute approximate surface area is 111 Å². The fourth-order valence-electron chi connectivity index (χ4n) is 1.59. The Hall–Kier alpha value is -0.0500. The van der Waals surface area contributed by atoms with Crippen molar-refractivity contribution in [3.8, 4) is 0 Å². The molecule has 1 aromatic rings. The van der Waals surface area contributed by atoms with E-state index >= 15 is 0 Å². The van der Waals surface area contributed by atoms with Gasteiger partial charge in [-0.25, -0.2) is 0 Å². The molecule has 0 spiro atoms. The molecule has 3 heteroatoms. The average Bonchev–Trinajstić information content (AvgIpc) is 2.31. The smallest absolute Gasteiger partial charge is 0.0472 e. The Balaban J connectivity index is 2.51. The number of benzene rings is 1. The number of ether oxygens (including phenoxy) is 1. The summed E-state index contributed by atoms with van der Waals surface area (Å²) in [5.41, 5.74) is 1.28. The molecule has 0 N–H and O–H groups in total. The van der Waals surface area contributed by atoms with Crippen LogP contribution in [-0.4, -0.2) is 19.1 Å². The summed E-state index contributed by atoms with van der Waals surface area (Å²) in [7, 11) is 0. The minimum absolute atomic E-state index is 0.370. The number of alkyl halides is 1. The average molecular weight is 306 g/mol. The van der Waals surface area contributed by atoms with E-state index in [0.717, 1.165) is 30.5 Å². The lowest BCUT2D eigenvalue weighted by Crippen LogP contribution is -2.06. The van der Waals surface area contributed by atoms with Gasteiger partial charge in [0.1, 0.15) is 0 Å². The minimum atomic E-state index is 0.370. The molecule has 1 atom stereocenters. The topological polar surface area (TPSA) is 9.23 Å². The van der Waals surface area contributed by atoms with Gasteiger partial charge in [-0.1, -0.05) is 41.1 Å². The Morgan fingerprint density at radius 1 is 1.31 bits per heavy atom. The van der Waals surface area contributed by atoms with Gasteiger partial charge in [-0.05, 0) is 24.5 Å². The van der Waals surface area contributed by atoms with E-state index in [-0.39, 0.29) is 0 Å². The van der Waals surface area contributed by atoms with Gasteiger partial charge in [0, 0.05) is 29.5 Å².